The molecule has 4 saturated carbocycles. The summed E-state index contributed by atoms with van der Waals surface area (Å²) in [6.45, 7) is 5.33. The Bertz CT molecular complexity index is 359. The lowest BCUT2D eigenvalue weighted by atomic mass is 9.45. The molecule has 4 rings (SSSR count). The van der Waals surface area contributed by atoms with Crippen molar-refractivity contribution < 1.29 is 0 Å². The molecule has 4 aliphatic carbocycles. The summed E-state index contributed by atoms with van der Waals surface area (Å²) in [5, 5.41) is 0. The van der Waals surface area contributed by atoms with Crippen molar-refractivity contribution in [2.45, 2.75) is 84.5 Å². The molecule has 0 spiro atoms. The van der Waals surface area contributed by atoms with Crippen LogP contribution in [-0.2, 0) is 0 Å². The second-order valence-corrected chi connectivity index (χ2v) is 8.99. The van der Waals surface area contributed by atoms with Crippen molar-refractivity contribution in [3.05, 3.63) is 0 Å². The Balaban J connectivity index is 1.64. The molecule has 0 aliphatic heterocycles. The van der Waals surface area contributed by atoms with Gasteiger partial charge in [-0.25, -0.2) is 0 Å². The van der Waals surface area contributed by atoms with Gasteiger partial charge in [0.05, 0.1) is 0 Å². The summed E-state index contributed by atoms with van der Waals surface area (Å²) >= 11 is 0. The van der Waals surface area contributed by atoms with E-state index < -0.39 is 0 Å². The van der Waals surface area contributed by atoms with Crippen LogP contribution in [0.15, 0.2) is 0 Å². The van der Waals surface area contributed by atoms with Gasteiger partial charge in [0.25, 0.3) is 0 Å². The summed E-state index contributed by atoms with van der Waals surface area (Å²) in [6, 6.07) is 0. The van der Waals surface area contributed by atoms with Crippen LogP contribution < -0.4 is 0 Å². The Morgan fingerprint density at radius 1 is 0.684 bits per heavy atom. The van der Waals surface area contributed by atoms with Gasteiger partial charge >= 0.3 is 0 Å². The van der Waals surface area contributed by atoms with E-state index in [2.05, 4.69) is 13.8 Å². The minimum absolute atomic E-state index is 0.741. The smallest absolute Gasteiger partial charge is 0.0266 e. The molecule has 4 aliphatic rings. The molecule has 0 aromatic carbocycles. The average molecular weight is 260 g/mol. The van der Waals surface area contributed by atoms with Crippen LogP contribution >= 0.6 is 0 Å². The first-order valence-electron chi connectivity index (χ1n) is 9.13. The highest BCUT2D eigenvalue weighted by molar-refractivity contribution is 5.06. The third-order valence-electron chi connectivity index (χ3n) is 8.36. The molecule has 0 N–H and O–H groups in total. The van der Waals surface area contributed by atoms with E-state index >= 15 is 0 Å². The molecular weight excluding hydrogens is 228 g/mol. The quantitative estimate of drug-likeness (QED) is 0.515. The number of fused-ring (bicyclic) bond motifs is 5. The number of hydrogen-bond donors (Lipinski definition) is 0. The van der Waals surface area contributed by atoms with Gasteiger partial charge in [0.15, 0.2) is 0 Å². The van der Waals surface area contributed by atoms with Crippen molar-refractivity contribution in [1.82, 2.24) is 0 Å². The van der Waals surface area contributed by atoms with Gasteiger partial charge in [0, 0.05) is 0 Å². The second kappa shape index (κ2) is 4.25. The number of hydrogen-bond acceptors (Lipinski definition) is 0. The lowest BCUT2D eigenvalue weighted by Crippen LogP contribution is -2.51. The van der Waals surface area contributed by atoms with E-state index in [-0.39, 0.29) is 0 Å². The highest BCUT2D eigenvalue weighted by atomic mass is 14.6. The topological polar surface area (TPSA) is 0 Å². The van der Waals surface area contributed by atoms with Gasteiger partial charge in [0.1, 0.15) is 0 Å². The van der Waals surface area contributed by atoms with E-state index in [4.69, 9.17) is 0 Å². The molecule has 0 unspecified atom stereocenters. The highest BCUT2D eigenvalue weighted by Gasteiger charge is 2.56. The molecule has 0 amide bonds. The first kappa shape index (κ1) is 12.7. The van der Waals surface area contributed by atoms with E-state index in [1.807, 2.05) is 0 Å². The van der Waals surface area contributed by atoms with Crippen LogP contribution in [0, 0.1) is 34.5 Å². The normalized spacial score (nSPS) is 57.2. The fraction of sp³-hybridized carbons (Fsp3) is 1.00. The summed E-state index contributed by atoms with van der Waals surface area (Å²) in [7, 11) is 0. The Morgan fingerprint density at radius 2 is 1.58 bits per heavy atom. The van der Waals surface area contributed by atoms with Crippen LogP contribution in [0.4, 0.5) is 0 Å². The van der Waals surface area contributed by atoms with Crippen molar-refractivity contribution in [3.8, 4) is 0 Å². The highest BCUT2D eigenvalue weighted by Crippen LogP contribution is 2.66. The lowest BCUT2D eigenvalue weighted by molar-refractivity contribution is -0.103. The predicted molar refractivity (Wildman–Crippen MR) is 81.0 cm³/mol. The van der Waals surface area contributed by atoms with Crippen LogP contribution in [0.25, 0.3) is 0 Å². The molecule has 0 saturated heterocycles. The van der Waals surface area contributed by atoms with E-state index in [0.717, 1.165) is 34.5 Å². The van der Waals surface area contributed by atoms with E-state index in [0.29, 0.717) is 0 Å². The van der Waals surface area contributed by atoms with Gasteiger partial charge in [-0.1, -0.05) is 33.1 Å². The SMILES string of the molecule is C[C@@]12CCC[C@@H]1[C@@H]1CC[C@H]3CCCC[C@]3(C)[C@H]1CC2. The zero-order valence-corrected chi connectivity index (χ0v) is 13.1. The molecule has 4 fully saturated rings. The molecule has 0 aromatic rings. The Hall–Kier alpha value is 0. The zero-order chi connectivity index (χ0) is 13.1. The summed E-state index contributed by atoms with van der Waals surface area (Å²) in [5.41, 5.74) is 1.49. The van der Waals surface area contributed by atoms with E-state index in [1.54, 1.807) is 51.4 Å². The molecular formula is C19H32. The summed E-state index contributed by atoms with van der Waals surface area (Å²) in [4.78, 5) is 0. The summed E-state index contributed by atoms with van der Waals surface area (Å²) in [5.74, 6) is 4.41. The van der Waals surface area contributed by atoms with Gasteiger partial charge in [0.2, 0.25) is 0 Å². The molecule has 0 nitrogen and oxygen atoms in total. The van der Waals surface area contributed by atoms with Crippen LogP contribution in [0.5, 0.6) is 0 Å². The largest absolute Gasteiger partial charge is 0.0594 e. The maximum atomic E-state index is 2.70. The molecule has 0 heterocycles. The Morgan fingerprint density at radius 3 is 2.47 bits per heavy atom. The minimum Gasteiger partial charge on any atom is -0.0594 e. The lowest BCUT2D eigenvalue weighted by Gasteiger charge is -2.60. The van der Waals surface area contributed by atoms with Crippen LogP contribution in [-0.4, -0.2) is 0 Å². The number of rotatable bonds is 0. The predicted octanol–water partition coefficient (Wildman–Crippen LogP) is 5.81. The standard InChI is InChI=1S/C19H32/c1-18-11-5-7-16(18)15-9-8-14-6-3-4-12-19(14,2)17(15)10-13-18/h14-17H,3-13H2,1-2H3/t14-,15+,16-,17+,18+,19+/m1/s1. The minimum atomic E-state index is 0.741. The van der Waals surface area contributed by atoms with Gasteiger partial charge in [-0.2, -0.15) is 0 Å². The molecule has 0 aromatic heterocycles. The first-order valence-corrected chi connectivity index (χ1v) is 9.13. The molecule has 0 heteroatoms. The van der Waals surface area contributed by atoms with Crippen LogP contribution in [0.2, 0.25) is 0 Å². The van der Waals surface area contributed by atoms with Crippen molar-refractivity contribution in [2.24, 2.45) is 34.5 Å². The molecule has 19 heavy (non-hydrogen) atoms. The second-order valence-electron chi connectivity index (χ2n) is 8.99. The summed E-state index contributed by atoms with van der Waals surface area (Å²) < 4.78 is 0. The van der Waals surface area contributed by atoms with Gasteiger partial charge in [-0.15, -0.1) is 0 Å². The third-order valence-corrected chi connectivity index (χ3v) is 8.36. The average Bonchev–Trinajstić information content (AvgIpc) is 2.79. The van der Waals surface area contributed by atoms with Crippen molar-refractivity contribution >= 4 is 0 Å². The van der Waals surface area contributed by atoms with Gasteiger partial charge in [-0.05, 0) is 85.9 Å². The monoisotopic (exact) mass is 260 g/mol. The van der Waals surface area contributed by atoms with E-state index in [9.17, 15) is 0 Å². The van der Waals surface area contributed by atoms with Crippen molar-refractivity contribution in [1.29, 1.82) is 0 Å². The molecule has 108 valence electrons. The van der Waals surface area contributed by atoms with Gasteiger partial charge < -0.3 is 0 Å². The maximum Gasteiger partial charge on any atom is -0.0266 e. The summed E-state index contributed by atoms with van der Waals surface area (Å²) in [6.07, 6.45) is 17.1. The van der Waals surface area contributed by atoms with Crippen molar-refractivity contribution in [2.75, 3.05) is 0 Å². The first-order chi connectivity index (χ1) is 9.13. The van der Waals surface area contributed by atoms with E-state index in [1.165, 1.54) is 19.3 Å². The fourth-order valence-corrected chi connectivity index (χ4v) is 7.29. The Labute approximate surface area is 119 Å². The zero-order valence-electron chi connectivity index (χ0n) is 13.1. The molecule has 6 atom stereocenters. The maximum absolute atomic E-state index is 2.70. The third kappa shape index (κ3) is 1.70. The fourth-order valence-electron chi connectivity index (χ4n) is 7.29. The molecule has 0 radical (unpaired) electrons. The van der Waals surface area contributed by atoms with Gasteiger partial charge in [-0.3, -0.25) is 0 Å². The van der Waals surface area contributed by atoms with Crippen molar-refractivity contribution in [3.63, 3.8) is 0 Å². The molecule has 0 bridgehead atoms. The Kier molecular flexibility index (Phi) is 2.84. The van der Waals surface area contributed by atoms with Crippen LogP contribution in [0.1, 0.15) is 84.5 Å². The van der Waals surface area contributed by atoms with Crippen LogP contribution in [0.3, 0.4) is 0 Å².